The average Bonchev–Trinajstić information content (AvgIpc) is 4.12. The smallest absolute Gasteiger partial charge is 0.338 e. The minimum Gasteiger partial charge on any atom is -0.463 e. The van der Waals surface area contributed by atoms with E-state index in [0.717, 1.165) is 57.8 Å². The van der Waals surface area contributed by atoms with Gasteiger partial charge in [-0.05, 0) is 78.1 Å². The molecule has 2 saturated carbocycles. The summed E-state index contributed by atoms with van der Waals surface area (Å²) in [5.74, 6) is -0.594. The predicted molar refractivity (Wildman–Crippen MR) is 254 cm³/mol. The molecule has 0 amide bonds. The lowest BCUT2D eigenvalue weighted by atomic mass is 9.76. The highest BCUT2D eigenvalue weighted by molar-refractivity contribution is 5.79. The monoisotopic (exact) mass is 998 g/mol. The van der Waals surface area contributed by atoms with Crippen molar-refractivity contribution in [3.8, 4) is 0 Å². The third kappa shape index (κ3) is 15.4. The van der Waals surface area contributed by atoms with Crippen LogP contribution in [-0.4, -0.2) is 104 Å². The second-order valence-electron chi connectivity index (χ2n) is 19.6. The van der Waals surface area contributed by atoms with Gasteiger partial charge in [-0.2, -0.15) is 0 Å². The van der Waals surface area contributed by atoms with Crippen molar-refractivity contribution in [2.24, 2.45) is 17.3 Å². The van der Waals surface area contributed by atoms with E-state index in [2.05, 4.69) is 15.0 Å². The Morgan fingerprint density at radius 3 is 1.92 bits per heavy atom. The van der Waals surface area contributed by atoms with Gasteiger partial charge in [-0.1, -0.05) is 45.4 Å². The molecule has 0 aromatic carbocycles. The molecule has 3 aromatic rings. The molecule has 22 heteroatoms. The lowest BCUT2D eigenvalue weighted by Crippen LogP contribution is -2.37. The van der Waals surface area contributed by atoms with E-state index >= 15 is 0 Å². The number of methoxy groups -OCH3 is 1. The Morgan fingerprint density at radius 1 is 0.690 bits per heavy atom. The summed E-state index contributed by atoms with van der Waals surface area (Å²) in [6.45, 7) is 7.14. The SMILES string of the molecule is CC1(C(=O)OCC2CCC(n3ccc(=O)[nH]c3=O)O2)CCCCC1.CC1CC(COC(=O)C2(C)CCCO2)OC1n1ccc(=O)[nH]c1=O.COC(CCn1ccc(=O)[nH]c1=O)COC(=O)C1CCCCC1. The first-order valence-electron chi connectivity index (χ1n) is 24.9. The number of esters is 3. The average molecular weight is 999 g/mol. The van der Waals surface area contributed by atoms with Gasteiger partial charge in [0.15, 0.2) is 5.60 Å². The van der Waals surface area contributed by atoms with Gasteiger partial charge >= 0.3 is 35.0 Å². The van der Waals surface area contributed by atoms with E-state index in [9.17, 15) is 43.2 Å². The Morgan fingerprint density at radius 2 is 1.30 bits per heavy atom. The molecule has 7 atom stereocenters. The number of aromatic nitrogens is 6. The van der Waals surface area contributed by atoms with Crippen LogP contribution in [0.15, 0.2) is 65.6 Å². The van der Waals surface area contributed by atoms with E-state index in [1.54, 1.807) is 14.0 Å². The number of hydrogen-bond donors (Lipinski definition) is 3. The van der Waals surface area contributed by atoms with Gasteiger partial charge in [0, 0.05) is 63.0 Å². The summed E-state index contributed by atoms with van der Waals surface area (Å²) in [4.78, 5) is 112. The molecule has 5 aliphatic rings. The lowest BCUT2D eigenvalue weighted by Gasteiger charge is -2.31. The van der Waals surface area contributed by atoms with Crippen molar-refractivity contribution in [2.75, 3.05) is 33.5 Å². The van der Waals surface area contributed by atoms with Crippen LogP contribution in [0.2, 0.25) is 0 Å². The summed E-state index contributed by atoms with van der Waals surface area (Å²) < 4.78 is 42.8. The van der Waals surface area contributed by atoms with Crippen LogP contribution in [0.5, 0.6) is 0 Å². The van der Waals surface area contributed by atoms with Crippen molar-refractivity contribution in [3.05, 3.63) is 99.3 Å². The number of aryl methyl sites for hydroxylation is 1. The number of nitrogens with one attached hydrogen (secondary N) is 3. The quantitative estimate of drug-likeness (QED) is 0.145. The van der Waals surface area contributed by atoms with Gasteiger partial charge < -0.3 is 37.7 Å². The maximum Gasteiger partial charge on any atom is 0.338 e. The molecule has 5 fully saturated rings. The summed E-state index contributed by atoms with van der Waals surface area (Å²) in [6.07, 6.45) is 16.9. The molecule has 3 aliphatic heterocycles. The molecule has 3 saturated heterocycles. The number of H-pyrrole nitrogens is 3. The van der Waals surface area contributed by atoms with Crippen molar-refractivity contribution in [1.29, 1.82) is 0 Å². The third-order valence-electron chi connectivity index (χ3n) is 14.0. The van der Waals surface area contributed by atoms with E-state index in [1.807, 2.05) is 13.8 Å². The first-order valence-corrected chi connectivity index (χ1v) is 24.9. The maximum atomic E-state index is 12.3. The van der Waals surface area contributed by atoms with Gasteiger partial charge in [0.1, 0.15) is 32.3 Å². The van der Waals surface area contributed by atoms with Crippen molar-refractivity contribution in [3.63, 3.8) is 0 Å². The Hall–Kier alpha value is -5.71. The number of rotatable bonds is 15. The van der Waals surface area contributed by atoms with Crippen molar-refractivity contribution in [2.45, 2.75) is 166 Å². The Kier molecular flexibility index (Phi) is 19.7. The van der Waals surface area contributed by atoms with Gasteiger partial charge in [0.25, 0.3) is 16.7 Å². The highest BCUT2D eigenvalue weighted by Crippen LogP contribution is 2.38. The molecule has 0 radical (unpaired) electrons. The highest BCUT2D eigenvalue weighted by Gasteiger charge is 2.41. The fourth-order valence-electron chi connectivity index (χ4n) is 9.61. The molecule has 0 bridgehead atoms. The summed E-state index contributed by atoms with van der Waals surface area (Å²) in [6, 6.07) is 3.87. The molecular formula is C49H70N6O16. The van der Waals surface area contributed by atoms with Crippen LogP contribution in [0.3, 0.4) is 0 Å². The van der Waals surface area contributed by atoms with Crippen LogP contribution in [0.4, 0.5) is 0 Å². The van der Waals surface area contributed by atoms with Gasteiger partial charge in [0.05, 0.1) is 29.6 Å². The lowest BCUT2D eigenvalue weighted by molar-refractivity contribution is -0.169. The number of carbonyl (C=O) groups excluding carboxylic acids is 3. The van der Waals surface area contributed by atoms with Crippen LogP contribution in [0.1, 0.15) is 136 Å². The first kappa shape index (κ1) is 54.6. The fourth-order valence-corrected chi connectivity index (χ4v) is 9.61. The third-order valence-corrected chi connectivity index (χ3v) is 14.0. The number of aromatic amines is 3. The number of ether oxygens (including phenoxy) is 7. The minimum atomic E-state index is -0.862. The Bertz CT molecular complexity index is 2600. The van der Waals surface area contributed by atoms with Crippen molar-refractivity contribution >= 4 is 17.9 Å². The summed E-state index contributed by atoms with van der Waals surface area (Å²) in [5, 5.41) is 0. The minimum absolute atomic E-state index is 0.0167. The molecular weight excluding hydrogens is 929 g/mol. The zero-order valence-corrected chi connectivity index (χ0v) is 41.2. The van der Waals surface area contributed by atoms with E-state index < -0.39 is 51.8 Å². The van der Waals surface area contributed by atoms with Gasteiger partial charge in [-0.25, -0.2) is 19.2 Å². The topological polar surface area (TPSA) is 280 Å². The zero-order valence-electron chi connectivity index (χ0n) is 41.2. The van der Waals surface area contributed by atoms with E-state index in [4.69, 9.17) is 33.2 Å². The summed E-state index contributed by atoms with van der Waals surface area (Å²) >= 11 is 0. The summed E-state index contributed by atoms with van der Waals surface area (Å²) in [5.41, 5.74) is -3.98. The molecule has 22 nitrogen and oxygen atoms in total. The fraction of sp³-hybridized carbons (Fsp3) is 0.694. The molecule has 3 N–H and O–H groups in total. The Balaban J connectivity index is 0.000000174. The summed E-state index contributed by atoms with van der Waals surface area (Å²) in [7, 11) is 1.55. The highest BCUT2D eigenvalue weighted by atomic mass is 16.6. The molecule has 7 unspecified atom stereocenters. The zero-order chi connectivity index (χ0) is 51.1. The van der Waals surface area contributed by atoms with Crippen LogP contribution in [-0.2, 0) is 54.1 Å². The second kappa shape index (κ2) is 25.6. The normalized spacial score (nSPS) is 25.4. The molecule has 8 rings (SSSR count). The van der Waals surface area contributed by atoms with E-state index in [-0.39, 0.29) is 73.3 Å². The maximum absolute atomic E-state index is 12.3. The Labute approximate surface area is 409 Å². The van der Waals surface area contributed by atoms with Gasteiger partial charge in [-0.15, -0.1) is 0 Å². The standard InChI is InChI=1S/C17H24N2O5.C16H22N2O6.C16H24N2O5/c1-17(8-3-2-4-9-17)15(21)23-11-12-5-6-14(24-12)19-10-7-13(20)18-16(19)22;1-10-8-11(9-22-14(20)16(2)5-3-7-23-16)24-13(10)18-6-4-12(19)17-15(18)21;1-22-13(7-9-18-10-8-14(19)17-16(18)21)11-23-15(20)12-5-3-2-4-6-12/h7,10,12,14H,2-6,8-9,11H2,1H3,(H,18,20,22);4,6,10-11,13H,3,5,7-9H2,1-2H3,(H,17,19,21);8,10,12-13H,2-7,9,11H2,1H3,(H,17,19,21). The van der Waals surface area contributed by atoms with Crippen LogP contribution in [0.25, 0.3) is 0 Å². The molecule has 2 aliphatic carbocycles. The molecule has 0 spiro atoms. The number of hydrogen-bond acceptors (Lipinski definition) is 16. The predicted octanol–water partition coefficient (Wildman–Crippen LogP) is 3.37. The van der Waals surface area contributed by atoms with Gasteiger partial charge in [-0.3, -0.25) is 48.1 Å². The van der Waals surface area contributed by atoms with Crippen LogP contribution < -0.4 is 33.7 Å². The first-order chi connectivity index (χ1) is 34.0. The van der Waals surface area contributed by atoms with Gasteiger partial charge in [0.2, 0.25) is 0 Å². The van der Waals surface area contributed by atoms with Crippen LogP contribution >= 0.6 is 0 Å². The molecule has 392 valence electrons. The number of carbonyl (C=O) groups is 3. The van der Waals surface area contributed by atoms with Crippen molar-refractivity contribution in [1.82, 2.24) is 28.7 Å². The molecule has 6 heterocycles. The van der Waals surface area contributed by atoms with Crippen molar-refractivity contribution < 1.29 is 47.5 Å². The van der Waals surface area contributed by atoms with E-state index in [1.165, 1.54) is 63.3 Å². The molecule has 3 aromatic heterocycles. The van der Waals surface area contributed by atoms with Crippen LogP contribution in [0, 0.1) is 17.3 Å². The largest absolute Gasteiger partial charge is 0.463 e. The molecule has 71 heavy (non-hydrogen) atoms. The second-order valence-corrected chi connectivity index (χ2v) is 19.6. The van der Waals surface area contributed by atoms with E-state index in [0.29, 0.717) is 45.3 Å². The number of nitrogens with zero attached hydrogens (tertiary/aromatic N) is 3.